The smallest absolute Gasteiger partial charge is 0.237 e. The van der Waals surface area contributed by atoms with Crippen LogP contribution >= 0.6 is 24.2 Å². The topological polar surface area (TPSA) is 55.1 Å². The molecule has 3 N–H and O–H groups in total. The van der Waals surface area contributed by atoms with Crippen molar-refractivity contribution < 1.29 is 4.79 Å². The number of nitrogens with two attached hydrogens (primary N) is 1. The summed E-state index contributed by atoms with van der Waals surface area (Å²) < 4.78 is 0. The van der Waals surface area contributed by atoms with Crippen molar-refractivity contribution in [1.82, 2.24) is 5.32 Å². The molecule has 0 radical (unpaired) electrons. The zero-order chi connectivity index (χ0) is 12.3. The Balaban J connectivity index is 0.00000162. The van der Waals surface area contributed by atoms with E-state index in [4.69, 9.17) is 5.73 Å². The van der Waals surface area contributed by atoms with Gasteiger partial charge in [-0.15, -0.1) is 24.2 Å². The Kier molecular flexibility index (Phi) is 5.99. The van der Waals surface area contributed by atoms with Crippen LogP contribution in [0.25, 0.3) is 0 Å². The molecule has 0 aliphatic carbocycles. The largest absolute Gasteiger partial charge is 0.348 e. The number of hydrogen-bond acceptors (Lipinski definition) is 3. The molecule has 3 nitrogen and oxygen atoms in total. The molecule has 100 valence electrons. The van der Waals surface area contributed by atoms with Crippen molar-refractivity contribution in [3.8, 4) is 0 Å². The van der Waals surface area contributed by atoms with Gasteiger partial charge in [0, 0.05) is 10.6 Å². The first-order valence-corrected chi connectivity index (χ1v) is 6.98. The average Bonchev–Trinajstić information content (AvgIpc) is 2.38. The van der Waals surface area contributed by atoms with Crippen LogP contribution in [0.4, 0.5) is 0 Å². The highest BCUT2D eigenvalue weighted by atomic mass is 35.5. The molecule has 0 bridgehead atoms. The molecular weight excluding hydrogens is 268 g/mol. The zero-order valence-electron chi connectivity index (χ0n) is 10.4. The lowest BCUT2D eigenvalue weighted by Gasteiger charge is -2.26. The van der Waals surface area contributed by atoms with Crippen molar-refractivity contribution in [2.75, 3.05) is 5.75 Å². The number of carbonyl (C=O) groups is 1. The summed E-state index contributed by atoms with van der Waals surface area (Å²) in [4.78, 5) is 13.1. The van der Waals surface area contributed by atoms with E-state index in [2.05, 4.69) is 17.4 Å². The van der Waals surface area contributed by atoms with E-state index < -0.39 is 6.04 Å². The third-order valence-corrected chi connectivity index (χ3v) is 4.17. The van der Waals surface area contributed by atoms with E-state index in [-0.39, 0.29) is 24.4 Å². The quantitative estimate of drug-likeness (QED) is 0.898. The summed E-state index contributed by atoms with van der Waals surface area (Å²) in [5.74, 6) is 1.00. The predicted molar refractivity (Wildman–Crippen MR) is 78.2 cm³/mol. The number of hydrogen-bond donors (Lipinski definition) is 2. The summed E-state index contributed by atoms with van der Waals surface area (Å²) in [6, 6.07) is 7.98. The molecule has 2 rings (SSSR count). The van der Waals surface area contributed by atoms with Crippen molar-refractivity contribution in [3.05, 3.63) is 29.8 Å². The van der Waals surface area contributed by atoms with Gasteiger partial charge in [0.15, 0.2) is 0 Å². The summed E-state index contributed by atoms with van der Waals surface area (Å²) in [6.45, 7) is 1.93. The molecule has 1 aliphatic rings. The maximum atomic E-state index is 11.8. The monoisotopic (exact) mass is 286 g/mol. The number of fused-ring (bicyclic) bond motifs is 1. The lowest BCUT2D eigenvalue weighted by Crippen LogP contribution is -2.42. The first-order chi connectivity index (χ1) is 8.22. The first kappa shape index (κ1) is 15.3. The van der Waals surface area contributed by atoms with Gasteiger partial charge in [-0.3, -0.25) is 4.79 Å². The van der Waals surface area contributed by atoms with Crippen molar-refractivity contribution in [2.45, 2.75) is 36.7 Å². The summed E-state index contributed by atoms with van der Waals surface area (Å²) in [5, 5.41) is 3.05. The molecule has 1 amide bonds. The lowest BCUT2D eigenvalue weighted by atomic mass is 10.0. The highest BCUT2D eigenvalue weighted by molar-refractivity contribution is 7.99. The maximum absolute atomic E-state index is 11.8. The van der Waals surface area contributed by atoms with Crippen LogP contribution in [0, 0.1) is 0 Å². The summed E-state index contributed by atoms with van der Waals surface area (Å²) in [6.07, 6.45) is 1.65. The SMILES string of the molecule is CC[C@H](N)C(=O)NC1CCSc2ccccc21.Cl. The van der Waals surface area contributed by atoms with Gasteiger partial charge in [0.05, 0.1) is 12.1 Å². The second-order valence-corrected chi connectivity index (χ2v) is 5.39. The third-order valence-electron chi connectivity index (χ3n) is 3.05. The van der Waals surface area contributed by atoms with Gasteiger partial charge in [-0.2, -0.15) is 0 Å². The fourth-order valence-electron chi connectivity index (χ4n) is 1.96. The van der Waals surface area contributed by atoms with Gasteiger partial charge in [0.1, 0.15) is 0 Å². The second-order valence-electron chi connectivity index (χ2n) is 4.25. The minimum Gasteiger partial charge on any atom is -0.348 e. The van der Waals surface area contributed by atoms with Gasteiger partial charge in [-0.25, -0.2) is 0 Å². The molecule has 5 heteroatoms. The Morgan fingerprint density at radius 3 is 3.00 bits per heavy atom. The fourth-order valence-corrected chi connectivity index (χ4v) is 3.08. The van der Waals surface area contributed by atoms with Crippen LogP contribution in [-0.4, -0.2) is 17.7 Å². The Bertz CT molecular complexity index is 414. The van der Waals surface area contributed by atoms with Crippen LogP contribution in [-0.2, 0) is 4.79 Å². The molecule has 1 aromatic carbocycles. The van der Waals surface area contributed by atoms with Gasteiger partial charge < -0.3 is 11.1 Å². The molecule has 18 heavy (non-hydrogen) atoms. The van der Waals surface area contributed by atoms with Crippen LogP contribution in [0.3, 0.4) is 0 Å². The maximum Gasteiger partial charge on any atom is 0.237 e. The van der Waals surface area contributed by atoms with Crippen molar-refractivity contribution in [3.63, 3.8) is 0 Å². The Morgan fingerprint density at radius 2 is 2.28 bits per heavy atom. The van der Waals surface area contributed by atoms with Gasteiger partial charge in [-0.1, -0.05) is 25.1 Å². The summed E-state index contributed by atoms with van der Waals surface area (Å²) in [7, 11) is 0. The van der Waals surface area contributed by atoms with Gasteiger partial charge in [0.2, 0.25) is 5.91 Å². The predicted octanol–water partition coefficient (Wildman–Crippen LogP) is 2.50. The zero-order valence-corrected chi connectivity index (χ0v) is 12.0. The number of thioether (sulfide) groups is 1. The summed E-state index contributed by atoms with van der Waals surface area (Å²) in [5.41, 5.74) is 6.96. The summed E-state index contributed by atoms with van der Waals surface area (Å²) >= 11 is 1.85. The van der Waals surface area contributed by atoms with E-state index in [1.165, 1.54) is 10.5 Å². The van der Waals surface area contributed by atoms with Crippen LogP contribution < -0.4 is 11.1 Å². The minimum atomic E-state index is -0.392. The van der Waals surface area contributed by atoms with Gasteiger partial charge in [0.25, 0.3) is 0 Å². The molecule has 0 saturated heterocycles. The molecule has 0 saturated carbocycles. The second kappa shape index (κ2) is 7.02. The number of halogens is 1. The van der Waals surface area contributed by atoms with Crippen LogP contribution in [0.1, 0.15) is 31.4 Å². The highest BCUT2D eigenvalue weighted by Gasteiger charge is 2.23. The van der Waals surface area contributed by atoms with Gasteiger partial charge in [-0.05, 0) is 24.5 Å². The molecule has 1 unspecified atom stereocenters. The molecule has 0 aromatic heterocycles. The Hall–Kier alpha value is -0.710. The lowest BCUT2D eigenvalue weighted by molar-refractivity contribution is -0.123. The van der Waals surface area contributed by atoms with Gasteiger partial charge >= 0.3 is 0 Å². The third kappa shape index (κ3) is 3.40. The molecule has 1 aliphatic heterocycles. The number of rotatable bonds is 3. The number of nitrogens with one attached hydrogen (secondary N) is 1. The minimum absolute atomic E-state index is 0. The van der Waals surface area contributed by atoms with Crippen LogP contribution in [0.15, 0.2) is 29.2 Å². The van der Waals surface area contributed by atoms with E-state index in [0.717, 1.165) is 12.2 Å². The van der Waals surface area contributed by atoms with E-state index in [1.54, 1.807) is 0 Å². The number of benzene rings is 1. The molecular formula is C13H19ClN2OS. The average molecular weight is 287 g/mol. The van der Waals surface area contributed by atoms with E-state index in [1.807, 2.05) is 30.8 Å². The molecule has 0 fully saturated rings. The number of carbonyl (C=O) groups excluding carboxylic acids is 1. The standard InChI is InChI=1S/C13H18N2OS.ClH/c1-2-10(14)13(16)15-11-7-8-17-12-6-4-3-5-9(11)12;/h3-6,10-11H,2,7-8,14H2,1H3,(H,15,16);1H/t10-,11?;/m0./s1. The highest BCUT2D eigenvalue weighted by Crippen LogP contribution is 2.35. The Morgan fingerprint density at radius 1 is 1.56 bits per heavy atom. The van der Waals surface area contributed by atoms with Crippen LogP contribution in [0.2, 0.25) is 0 Å². The Labute approximate surface area is 118 Å². The van der Waals surface area contributed by atoms with Crippen LogP contribution in [0.5, 0.6) is 0 Å². The van der Waals surface area contributed by atoms with Crippen molar-refractivity contribution >= 4 is 30.1 Å². The van der Waals surface area contributed by atoms with E-state index in [0.29, 0.717) is 6.42 Å². The number of amides is 1. The molecule has 1 heterocycles. The van der Waals surface area contributed by atoms with E-state index in [9.17, 15) is 4.79 Å². The molecule has 0 spiro atoms. The molecule has 2 atom stereocenters. The van der Waals surface area contributed by atoms with E-state index >= 15 is 0 Å². The first-order valence-electron chi connectivity index (χ1n) is 6.00. The fraction of sp³-hybridized carbons (Fsp3) is 0.462. The normalized spacial score (nSPS) is 19.3. The van der Waals surface area contributed by atoms with Crippen molar-refractivity contribution in [2.24, 2.45) is 5.73 Å². The van der Waals surface area contributed by atoms with Crippen molar-refractivity contribution in [1.29, 1.82) is 0 Å². The molecule has 1 aromatic rings.